The minimum absolute atomic E-state index is 0.121. The molecule has 9 heteroatoms. The summed E-state index contributed by atoms with van der Waals surface area (Å²) >= 11 is 0. The first-order valence-corrected chi connectivity index (χ1v) is 12.4. The van der Waals surface area contributed by atoms with Crippen LogP contribution in [-0.2, 0) is 22.5 Å². The number of alkyl carbamates (subject to hydrolysis) is 1. The van der Waals surface area contributed by atoms with Crippen molar-refractivity contribution in [2.24, 2.45) is 11.3 Å². The number of carbonyl (C=O) groups excluding carboxylic acids is 2. The van der Waals surface area contributed by atoms with Crippen LogP contribution in [0.15, 0.2) is 18.5 Å². The molecule has 8 nitrogen and oxygen atoms in total. The maximum Gasteiger partial charge on any atom is 0.407 e. The van der Waals surface area contributed by atoms with Crippen LogP contribution < -0.4 is 10.6 Å². The molecular formula is C26H36FN5O3. The fourth-order valence-corrected chi connectivity index (χ4v) is 4.94. The van der Waals surface area contributed by atoms with E-state index in [1.807, 2.05) is 25.5 Å². The first-order chi connectivity index (χ1) is 16.4. The van der Waals surface area contributed by atoms with Crippen LogP contribution in [0.3, 0.4) is 0 Å². The van der Waals surface area contributed by atoms with Gasteiger partial charge >= 0.3 is 6.09 Å². The Balaban J connectivity index is 1.44. The number of nitrogens with zero attached hydrogens (tertiary/aromatic N) is 3. The molecule has 1 saturated carbocycles. The second-order valence-electron chi connectivity index (χ2n) is 11.6. The van der Waals surface area contributed by atoms with Crippen LogP contribution in [-0.4, -0.2) is 38.4 Å². The molecular weight excluding hydrogens is 449 g/mol. The molecule has 1 aliphatic carbocycles. The first-order valence-electron chi connectivity index (χ1n) is 12.4. The number of halogens is 1. The Morgan fingerprint density at radius 2 is 1.97 bits per heavy atom. The molecule has 0 aromatic carbocycles. The van der Waals surface area contributed by atoms with Crippen LogP contribution in [0.1, 0.15) is 72.4 Å². The number of hydrogen-bond donors (Lipinski definition) is 2. The third-order valence-corrected chi connectivity index (χ3v) is 6.76. The van der Waals surface area contributed by atoms with Gasteiger partial charge in [0.2, 0.25) is 5.91 Å². The van der Waals surface area contributed by atoms with Gasteiger partial charge in [-0.25, -0.2) is 14.2 Å². The SMILES string of the molecule is CC1(C)CCn2ncc(-c3cc(NC(=O)[C@H]4CCC[C@@H](NC(=O)OC(C)(C)C)C4)ncc3F)c2C1. The highest BCUT2D eigenvalue weighted by Gasteiger charge is 2.31. The number of fused-ring (bicyclic) bond motifs is 1. The molecule has 2 amide bonds. The summed E-state index contributed by atoms with van der Waals surface area (Å²) in [5, 5.41) is 10.2. The van der Waals surface area contributed by atoms with Gasteiger partial charge in [-0.05, 0) is 64.4 Å². The van der Waals surface area contributed by atoms with Gasteiger partial charge < -0.3 is 15.4 Å². The van der Waals surface area contributed by atoms with Crippen molar-refractivity contribution in [3.8, 4) is 11.1 Å². The zero-order valence-corrected chi connectivity index (χ0v) is 21.3. The van der Waals surface area contributed by atoms with Gasteiger partial charge in [0.15, 0.2) is 0 Å². The zero-order valence-electron chi connectivity index (χ0n) is 21.3. The summed E-state index contributed by atoms with van der Waals surface area (Å²) < 4.78 is 22.1. The van der Waals surface area contributed by atoms with Crippen LogP contribution in [0.4, 0.5) is 15.0 Å². The van der Waals surface area contributed by atoms with Crippen LogP contribution in [0, 0.1) is 17.2 Å². The molecule has 1 aliphatic heterocycles. The van der Waals surface area contributed by atoms with E-state index in [0.29, 0.717) is 17.8 Å². The summed E-state index contributed by atoms with van der Waals surface area (Å²) in [6, 6.07) is 1.46. The summed E-state index contributed by atoms with van der Waals surface area (Å²) in [4.78, 5) is 29.3. The standard InChI is InChI=1S/C26H36FN5O3/c1-25(2,3)35-24(34)30-17-8-6-7-16(11-17)23(33)31-22-12-18(20(27)15-28-22)19-14-29-32-10-9-26(4,5)13-21(19)32/h12,14-17H,6-11,13H2,1-5H3,(H,30,34)(H,28,31,33)/t16-,17+/m0/s1. The Bertz CT molecular complexity index is 1100. The van der Waals surface area contributed by atoms with Gasteiger partial charge in [-0.1, -0.05) is 20.3 Å². The quantitative estimate of drug-likeness (QED) is 0.629. The smallest absolute Gasteiger partial charge is 0.407 e. The van der Waals surface area contributed by atoms with E-state index >= 15 is 0 Å². The van der Waals surface area contributed by atoms with E-state index in [2.05, 4.69) is 34.6 Å². The third kappa shape index (κ3) is 6.18. The highest BCUT2D eigenvalue weighted by Crippen LogP contribution is 2.37. The summed E-state index contributed by atoms with van der Waals surface area (Å²) in [5.41, 5.74) is 1.68. The van der Waals surface area contributed by atoms with E-state index in [0.717, 1.165) is 56.1 Å². The number of amides is 2. The average molecular weight is 486 g/mol. The molecule has 2 aromatic heterocycles. The molecule has 0 bridgehead atoms. The number of anilines is 1. The number of rotatable bonds is 4. The number of carbonyl (C=O) groups is 2. The highest BCUT2D eigenvalue weighted by atomic mass is 19.1. The second-order valence-corrected chi connectivity index (χ2v) is 11.6. The molecule has 0 saturated heterocycles. The molecule has 0 spiro atoms. The van der Waals surface area contributed by atoms with Gasteiger partial charge in [0.05, 0.1) is 12.4 Å². The Hall–Kier alpha value is -2.97. The molecule has 190 valence electrons. The number of hydrogen-bond acceptors (Lipinski definition) is 5. The average Bonchev–Trinajstić information content (AvgIpc) is 3.15. The molecule has 1 fully saturated rings. The largest absolute Gasteiger partial charge is 0.444 e. The van der Waals surface area contributed by atoms with Crippen molar-refractivity contribution in [1.29, 1.82) is 0 Å². The van der Waals surface area contributed by atoms with E-state index in [9.17, 15) is 14.0 Å². The second kappa shape index (κ2) is 9.59. The monoisotopic (exact) mass is 485 g/mol. The van der Waals surface area contributed by atoms with E-state index in [4.69, 9.17) is 4.74 Å². The van der Waals surface area contributed by atoms with Crippen LogP contribution in [0.25, 0.3) is 11.1 Å². The van der Waals surface area contributed by atoms with Gasteiger partial charge in [-0.15, -0.1) is 0 Å². The van der Waals surface area contributed by atoms with Crippen LogP contribution in [0.2, 0.25) is 0 Å². The number of nitrogens with one attached hydrogen (secondary N) is 2. The third-order valence-electron chi connectivity index (χ3n) is 6.76. The molecule has 2 aliphatic rings. The fraction of sp³-hybridized carbons (Fsp3) is 0.615. The molecule has 2 N–H and O–H groups in total. The molecule has 0 radical (unpaired) electrons. The van der Waals surface area contributed by atoms with Gasteiger partial charge in [0, 0.05) is 35.3 Å². The summed E-state index contributed by atoms with van der Waals surface area (Å²) in [7, 11) is 0. The first kappa shape index (κ1) is 25.1. The lowest BCUT2D eigenvalue weighted by Gasteiger charge is -2.30. The lowest BCUT2D eigenvalue weighted by molar-refractivity contribution is -0.121. The molecule has 3 heterocycles. The van der Waals surface area contributed by atoms with Crippen molar-refractivity contribution in [3.63, 3.8) is 0 Å². The Kier molecular flexibility index (Phi) is 6.88. The maximum atomic E-state index is 14.8. The van der Waals surface area contributed by atoms with Crippen molar-refractivity contribution >= 4 is 17.8 Å². The predicted octanol–water partition coefficient (Wildman–Crippen LogP) is 5.08. The van der Waals surface area contributed by atoms with Gasteiger partial charge in [0.1, 0.15) is 17.2 Å². The van der Waals surface area contributed by atoms with Crippen molar-refractivity contribution in [3.05, 3.63) is 30.0 Å². The van der Waals surface area contributed by atoms with Gasteiger partial charge in [-0.2, -0.15) is 5.10 Å². The minimum atomic E-state index is -0.577. The van der Waals surface area contributed by atoms with Crippen LogP contribution in [0.5, 0.6) is 0 Å². The predicted molar refractivity (Wildman–Crippen MR) is 131 cm³/mol. The molecule has 0 unspecified atom stereocenters. The van der Waals surface area contributed by atoms with Gasteiger partial charge in [-0.3, -0.25) is 9.48 Å². The highest BCUT2D eigenvalue weighted by molar-refractivity contribution is 5.92. The van der Waals surface area contributed by atoms with E-state index < -0.39 is 17.5 Å². The maximum absolute atomic E-state index is 14.8. The summed E-state index contributed by atoms with van der Waals surface area (Å²) in [6.07, 6.45) is 7.06. The number of pyridine rings is 1. The topological polar surface area (TPSA) is 98.1 Å². The minimum Gasteiger partial charge on any atom is -0.444 e. The molecule has 4 rings (SSSR count). The number of aryl methyl sites for hydroxylation is 1. The molecule has 2 aromatic rings. The zero-order chi connectivity index (χ0) is 25.4. The van der Waals surface area contributed by atoms with Crippen LogP contribution >= 0.6 is 0 Å². The molecule has 2 atom stereocenters. The summed E-state index contributed by atoms with van der Waals surface area (Å²) in [6.45, 7) is 10.7. The lowest BCUT2D eigenvalue weighted by Crippen LogP contribution is -2.43. The van der Waals surface area contributed by atoms with Crippen molar-refractivity contribution in [1.82, 2.24) is 20.1 Å². The van der Waals surface area contributed by atoms with Crippen molar-refractivity contribution in [2.45, 2.75) is 91.3 Å². The molecule has 35 heavy (non-hydrogen) atoms. The normalized spacial score (nSPS) is 21.7. The summed E-state index contributed by atoms with van der Waals surface area (Å²) in [5.74, 6) is -0.585. The lowest BCUT2D eigenvalue weighted by atomic mass is 9.81. The van der Waals surface area contributed by atoms with E-state index in [1.54, 1.807) is 12.3 Å². The fourth-order valence-electron chi connectivity index (χ4n) is 4.94. The number of ether oxygens (including phenoxy) is 1. The van der Waals surface area contributed by atoms with Crippen molar-refractivity contribution in [2.75, 3.05) is 5.32 Å². The van der Waals surface area contributed by atoms with E-state index in [-0.39, 0.29) is 23.3 Å². The number of aromatic nitrogens is 3. The Labute approximate surface area is 206 Å². The van der Waals surface area contributed by atoms with Gasteiger partial charge in [0.25, 0.3) is 0 Å². The Morgan fingerprint density at radius 3 is 2.71 bits per heavy atom. The Morgan fingerprint density at radius 1 is 1.20 bits per heavy atom. The van der Waals surface area contributed by atoms with E-state index in [1.165, 1.54) is 0 Å². The van der Waals surface area contributed by atoms with Crippen molar-refractivity contribution < 1.29 is 18.7 Å².